The topological polar surface area (TPSA) is 66.7 Å². The van der Waals surface area contributed by atoms with E-state index in [1.807, 2.05) is 0 Å². The van der Waals surface area contributed by atoms with Crippen LogP contribution < -0.4 is 0 Å². The quantitative estimate of drug-likeness (QED) is 0.826. The Hall–Kier alpha value is -2.84. The van der Waals surface area contributed by atoms with Gasteiger partial charge in [0, 0.05) is 25.7 Å². The third-order valence-corrected chi connectivity index (χ3v) is 3.27. The highest BCUT2D eigenvalue weighted by molar-refractivity contribution is 5.95. The first-order valence-corrected chi connectivity index (χ1v) is 7.25. The molecule has 0 N–H and O–H groups in total. The number of carbonyl (C=O) groups is 2. The number of amides is 2. The van der Waals surface area contributed by atoms with Crippen molar-refractivity contribution in [2.24, 2.45) is 0 Å². The first-order chi connectivity index (χ1) is 11.7. The molecule has 2 aromatic rings. The number of halogens is 3. The van der Waals surface area contributed by atoms with Gasteiger partial charge in [0.25, 0.3) is 5.91 Å². The second kappa shape index (κ2) is 7.37. The van der Waals surface area contributed by atoms with E-state index in [9.17, 15) is 22.8 Å². The minimum Gasteiger partial charge on any atom is -0.350 e. The minimum atomic E-state index is -4.65. The van der Waals surface area contributed by atoms with Crippen LogP contribution in [0.4, 0.5) is 13.2 Å². The monoisotopic (exact) mass is 355 g/mol. The fraction of sp³-hybridized carbons (Fsp3) is 0.312. The van der Waals surface area contributed by atoms with Gasteiger partial charge in [-0.05, 0) is 0 Å². The number of nitrogens with zero attached hydrogens (tertiary/aromatic N) is 3. The van der Waals surface area contributed by atoms with Crippen LogP contribution in [0, 0.1) is 0 Å². The van der Waals surface area contributed by atoms with E-state index in [0.29, 0.717) is 16.2 Å². The Morgan fingerprint density at radius 3 is 2.36 bits per heavy atom. The molecule has 6 nitrogen and oxygen atoms in total. The molecule has 9 heteroatoms. The predicted octanol–water partition coefficient (Wildman–Crippen LogP) is 2.43. The second-order valence-electron chi connectivity index (χ2n) is 5.51. The predicted molar refractivity (Wildman–Crippen MR) is 82.6 cm³/mol. The lowest BCUT2D eigenvalue weighted by Gasteiger charge is -2.23. The Morgan fingerprint density at radius 2 is 1.80 bits per heavy atom. The molecule has 0 bridgehead atoms. The Balaban J connectivity index is 2.23. The molecule has 0 spiro atoms. The summed E-state index contributed by atoms with van der Waals surface area (Å²) in [6, 6.07) is 9.97. The number of carbonyl (C=O) groups excluding carboxylic acids is 2. The number of benzene rings is 1. The molecule has 25 heavy (non-hydrogen) atoms. The van der Waals surface area contributed by atoms with Crippen molar-refractivity contribution in [3.05, 3.63) is 42.2 Å². The van der Waals surface area contributed by atoms with Crippen LogP contribution in [0.15, 0.2) is 40.9 Å². The van der Waals surface area contributed by atoms with Gasteiger partial charge in [0.1, 0.15) is 18.8 Å². The zero-order valence-corrected chi connectivity index (χ0v) is 13.6. The Kier molecular flexibility index (Phi) is 5.45. The van der Waals surface area contributed by atoms with Crippen molar-refractivity contribution in [3.8, 4) is 11.3 Å². The Bertz CT molecular complexity index is 742. The summed E-state index contributed by atoms with van der Waals surface area (Å²) >= 11 is 0. The van der Waals surface area contributed by atoms with Crippen LogP contribution in [0.3, 0.4) is 0 Å². The SMILES string of the molecule is CN(C)C(=O)CN(CC(F)(F)F)C(=O)c1cc(-c2ccccc2)no1. The third-order valence-electron chi connectivity index (χ3n) is 3.27. The van der Waals surface area contributed by atoms with E-state index < -0.39 is 31.1 Å². The van der Waals surface area contributed by atoms with Crippen LogP contribution >= 0.6 is 0 Å². The van der Waals surface area contributed by atoms with Gasteiger partial charge in [-0.15, -0.1) is 0 Å². The molecule has 0 atom stereocenters. The molecule has 0 radical (unpaired) electrons. The molecule has 1 heterocycles. The molecule has 0 unspecified atom stereocenters. The highest BCUT2D eigenvalue weighted by atomic mass is 19.4. The second-order valence-corrected chi connectivity index (χ2v) is 5.51. The lowest BCUT2D eigenvalue weighted by molar-refractivity contribution is -0.146. The fourth-order valence-electron chi connectivity index (χ4n) is 2.00. The number of aromatic nitrogens is 1. The summed E-state index contributed by atoms with van der Waals surface area (Å²) in [6.07, 6.45) is -4.65. The average molecular weight is 355 g/mol. The van der Waals surface area contributed by atoms with Gasteiger partial charge >= 0.3 is 6.18 Å². The van der Waals surface area contributed by atoms with E-state index in [2.05, 4.69) is 5.16 Å². The van der Waals surface area contributed by atoms with Crippen LogP contribution in [-0.4, -0.2) is 60.1 Å². The van der Waals surface area contributed by atoms with Gasteiger partial charge < -0.3 is 14.3 Å². The summed E-state index contributed by atoms with van der Waals surface area (Å²) in [5, 5.41) is 3.70. The van der Waals surface area contributed by atoms with Gasteiger partial charge in [0.15, 0.2) is 0 Å². The van der Waals surface area contributed by atoms with Gasteiger partial charge in [-0.1, -0.05) is 35.5 Å². The molecule has 0 fully saturated rings. The molecule has 2 rings (SSSR count). The van der Waals surface area contributed by atoms with E-state index in [0.717, 1.165) is 4.90 Å². The summed E-state index contributed by atoms with van der Waals surface area (Å²) in [5.41, 5.74) is 0.965. The number of rotatable bonds is 5. The Morgan fingerprint density at radius 1 is 1.16 bits per heavy atom. The van der Waals surface area contributed by atoms with E-state index in [1.54, 1.807) is 30.3 Å². The smallest absolute Gasteiger partial charge is 0.350 e. The van der Waals surface area contributed by atoms with E-state index in [4.69, 9.17) is 4.52 Å². The lowest BCUT2D eigenvalue weighted by atomic mass is 10.1. The van der Waals surface area contributed by atoms with Gasteiger partial charge in [0.05, 0.1) is 0 Å². The highest BCUT2D eigenvalue weighted by Crippen LogP contribution is 2.22. The highest BCUT2D eigenvalue weighted by Gasteiger charge is 2.35. The normalized spacial score (nSPS) is 11.2. The maximum absolute atomic E-state index is 12.7. The minimum absolute atomic E-state index is 0.315. The molecule has 0 aliphatic heterocycles. The first kappa shape index (κ1) is 18.5. The molecule has 1 aromatic heterocycles. The average Bonchev–Trinajstić information content (AvgIpc) is 3.03. The van der Waals surface area contributed by atoms with Gasteiger partial charge in [-0.2, -0.15) is 13.2 Å². The van der Waals surface area contributed by atoms with E-state index >= 15 is 0 Å². The van der Waals surface area contributed by atoms with Crippen LogP contribution in [0.25, 0.3) is 11.3 Å². The molecule has 134 valence electrons. The van der Waals surface area contributed by atoms with Gasteiger partial charge in [-0.3, -0.25) is 9.59 Å². The largest absolute Gasteiger partial charge is 0.406 e. The van der Waals surface area contributed by atoms with E-state index in [1.165, 1.54) is 20.2 Å². The fourth-order valence-corrected chi connectivity index (χ4v) is 2.00. The molecule has 0 aliphatic rings. The van der Waals surface area contributed by atoms with Crippen molar-refractivity contribution in [3.63, 3.8) is 0 Å². The van der Waals surface area contributed by atoms with E-state index in [-0.39, 0.29) is 5.76 Å². The number of alkyl halides is 3. The van der Waals surface area contributed by atoms with Crippen molar-refractivity contribution >= 4 is 11.8 Å². The summed E-state index contributed by atoms with van der Waals surface area (Å²) < 4.78 is 43.1. The van der Waals surface area contributed by atoms with Crippen LogP contribution in [0.2, 0.25) is 0 Å². The molecular formula is C16H16F3N3O3. The summed E-state index contributed by atoms with van der Waals surface area (Å²) in [4.78, 5) is 25.6. The molecule has 0 saturated heterocycles. The van der Waals surface area contributed by atoms with Crippen molar-refractivity contribution < 1.29 is 27.3 Å². The zero-order chi connectivity index (χ0) is 18.6. The summed E-state index contributed by atoms with van der Waals surface area (Å²) in [7, 11) is 2.78. The summed E-state index contributed by atoms with van der Waals surface area (Å²) in [5.74, 6) is -2.06. The van der Waals surface area contributed by atoms with Gasteiger partial charge in [-0.25, -0.2) is 0 Å². The molecule has 0 aliphatic carbocycles. The maximum atomic E-state index is 12.7. The van der Waals surface area contributed by atoms with Crippen molar-refractivity contribution in [2.75, 3.05) is 27.2 Å². The standard InChI is InChI=1S/C16H16F3N3O3/c1-21(2)14(23)9-22(10-16(17,18)19)15(24)13-8-12(20-25-13)11-6-4-3-5-7-11/h3-8H,9-10H2,1-2H3. The van der Waals surface area contributed by atoms with Crippen LogP contribution in [0.5, 0.6) is 0 Å². The van der Waals surface area contributed by atoms with Crippen LogP contribution in [0.1, 0.15) is 10.6 Å². The molecule has 2 amide bonds. The lowest BCUT2D eigenvalue weighted by Crippen LogP contribution is -2.44. The number of hydrogen-bond acceptors (Lipinski definition) is 4. The van der Waals surface area contributed by atoms with Crippen molar-refractivity contribution in [1.82, 2.24) is 15.0 Å². The third kappa shape index (κ3) is 5.07. The van der Waals surface area contributed by atoms with Crippen LogP contribution in [-0.2, 0) is 4.79 Å². The number of hydrogen-bond donors (Lipinski definition) is 0. The zero-order valence-electron chi connectivity index (χ0n) is 13.6. The number of likely N-dealkylation sites (N-methyl/N-ethyl adjacent to an activating group) is 1. The molecule has 1 aromatic carbocycles. The molecule has 0 saturated carbocycles. The Labute approximate surface area is 141 Å². The first-order valence-electron chi connectivity index (χ1n) is 7.25. The maximum Gasteiger partial charge on any atom is 0.406 e. The summed E-state index contributed by atoms with van der Waals surface area (Å²) in [6.45, 7) is -2.28. The molecular weight excluding hydrogens is 339 g/mol. The van der Waals surface area contributed by atoms with Gasteiger partial charge in [0.2, 0.25) is 11.7 Å². The van der Waals surface area contributed by atoms with Crippen molar-refractivity contribution in [2.45, 2.75) is 6.18 Å². The van der Waals surface area contributed by atoms with Crippen molar-refractivity contribution in [1.29, 1.82) is 0 Å².